The Bertz CT molecular complexity index is 77.5. The fraction of sp³-hybridized carbons (Fsp3) is 0.667. The van der Waals surface area contributed by atoms with Crippen LogP contribution in [0.4, 0.5) is 4.11 Å². The van der Waals surface area contributed by atoms with Crippen LogP contribution in [0.5, 0.6) is 0 Å². The number of halogens is 1. The quantitative estimate of drug-likeness (QED) is 0.328. The number of allylic oxidation sites excluding steroid dienone is 1. The Kier molecular flexibility index (Phi) is 5.87. The fourth-order valence-corrected chi connectivity index (χ4v) is 1.33. The van der Waals surface area contributed by atoms with Gasteiger partial charge in [0.05, 0.1) is 0 Å². The van der Waals surface area contributed by atoms with Gasteiger partial charge in [-0.1, -0.05) is 13.0 Å². The molecule has 0 aliphatic carbocycles. The Balaban J connectivity index is 3.04. The SMILES string of the molecule is C=CC[SiH](F)OCCC. The molecule has 0 aromatic carbocycles. The van der Waals surface area contributed by atoms with Gasteiger partial charge in [-0.25, -0.2) is 0 Å². The third-order valence-electron chi connectivity index (χ3n) is 0.855. The van der Waals surface area contributed by atoms with Gasteiger partial charge in [-0.2, -0.15) is 0 Å². The van der Waals surface area contributed by atoms with Gasteiger partial charge < -0.3 is 4.43 Å². The lowest BCUT2D eigenvalue weighted by Crippen LogP contribution is -2.10. The Morgan fingerprint density at radius 3 is 2.89 bits per heavy atom. The first-order chi connectivity index (χ1) is 4.31. The molecular formula is C6H13FOSi. The van der Waals surface area contributed by atoms with Gasteiger partial charge in [0.25, 0.3) is 0 Å². The summed E-state index contributed by atoms with van der Waals surface area (Å²) in [6.07, 6.45) is 2.47. The molecule has 1 unspecified atom stereocenters. The zero-order valence-electron chi connectivity index (χ0n) is 5.77. The molecule has 0 fully saturated rings. The van der Waals surface area contributed by atoms with Gasteiger partial charge in [0, 0.05) is 12.7 Å². The van der Waals surface area contributed by atoms with E-state index in [0.717, 1.165) is 6.42 Å². The first-order valence-electron chi connectivity index (χ1n) is 3.17. The Hall–Kier alpha value is -0.153. The molecule has 0 N–H and O–H groups in total. The molecule has 0 heterocycles. The van der Waals surface area contributed by atoms with Crippen molar-refractivity contribution in [1.29, 1.82) is 0 Å². The zero-order chi connectivity index (χ0) is 7.11. The van der Waals surface area contributed by atoms with E-state index in [-0.39, 0.29) is 0 Å². The molecule has 3 heteroatoms. The van der Waals surface area contributed by atoms with Gasteiger partial charge in [0.1, 0.15) is 0 Å². The van der Waals surface area contributed by atoms with Gasteiger partial charge in [-0.05, 0) is 6.42 Å². The Labute approximate surface area is 57.4 Å². The normalized spacial score (nSPS) is 13.1. The van der Waals surface area contributed by atoms with E-state index in [0.29, 0.717) is 12.7 Å². The van der Waals surface area contributed by atoms with Crippen molar-refractivity contribution in [3.63, 3.8) is 0 Å². The predicted octanol–water partition coefficient (Wildman–Crippen LogP) is 1.79. The molecule has 1 atom stereocenters. The highest BCUT2D eigenvalue weighted by Gasteiger charge is 2.05. The summed E-state index contributed by atoms with van der Waals surface area (Å²) in [6, 6.07) is 0.431. The van der Waals surface area contributed by atoms with Crippen molar-refractivity contribution in [3.8, 4) is 0 Å². The summed E-state index contributed by atoms with van der Waals surface area (Å²) in [5.41, 5.74) is 0. The van der Waals surface area contributed by atoms with Crippen LogP contribution >= 0.6 is 0 Å². The van der Waals surface area contributed by atoms with Crippen molar-refractivity contribution in [3.05, 3.63) is 12.7 Å². The maximum absolute atomic E-state index is 12.4. The van der Waals surface area contributed by atoms with Crippen LogP contribution in [-0.2, 0) is 4.43 Å². The standard InChI is InChI=1S/C6H13FOSi/c1-3-5-8-9(7)6-4-2/h4,9H,2-3,5-6H2,1H3. The van der Waals surface area contributed by atoms with Gasteiger partial charge >= 0.3 is 9.37 Å². The molecule has 0 aliphatic rings. The minimum atomic E-state index is -2.34. The molecule has 1 nitrogen and oxygen atoms in total. The molecule has 0 spiro atoms. The molecule has 0 amide bonds. The fourth-order valence-electron chi connectivity index (χ4n) is 0.445. The van der Waals surface area contributed by atoms with E-state index in [1.54, 1.807) is 6.08 Å². The average molecular weight is 148 g/mol. The average Bonchev–Trinajstić information content (AvgIpc) is 1.85. The van der Waals surface area contributed by atoms with Crippen molar-refractivity contribution < 1.29 is 8.53 Å². The lowest BCUT2D eigenvalue weighted by molar-refractivity contribution is 0.292. The second kappa shape index (κ2) is 5.97. The summed E-state index contributed by atoms with van der Waals surface area (Å²) in [7, 11) is -2.34. The largest absolute Gasteiger partial charge is 0.393 e. The highest BCUT2D eigenvalue weighted by Crippen LogP contribution is 1.96. The van der Waals surface area contributed by atoms with Crippen molar-refractivity contribution in [2.75, 3.05) is 6.61 Å². The van der Waals surface area contributed by atoms with Gasteiger partial charge in [0.15, 0.2) is 0 Å². The minimum Gasteiger partial charge on any atom is -0.393 e. The van der Waals surface area contributed by atoms with E-state index in [1.807, 2.05) is 6.92 Å². The molecule has 0 aliphatic heterocycles. The summed E-state index contributed by atoms with van der Waals surface area (Å²) < 4.78 is 17.3. The molecule has 0 saturated carbocycles. The lowest BCUT2D eigenvalue weighted by atomic mass is 10.5. The summed E-state index contributed by atoms with van der Waals surface area (Å²) >= 11 is 0. The monoisotopic (exact) mass is 148 g/mol. The maximum Gasteiger partial charge on any atom is 0.372 e. The van der Waals surface area contributed by atoms with Crippen LogP contribution in [0.3, 0.4) is 0 Å². The van der Waals surface area contributed by atoms with Crippen LogP contribution in [-0.4, -0.2) is 16.0 Å². The van der Waals surface area contributed by atoms with Crippen LogP contribution in [0.2, 0.25) is 6.04 Å². The predicted molar refractivity (Wildman–Crippen MR) is 39.5 cm³/mol. The molecule has 9 heavy (non-hydrogen) atoms. The second-order valence-electron chi connectivity index (χ2n) is 1.81. The molecular weight excluding hydrogens is 135 g/mol. The summed E-state index contributed by atoms with van der Waals surface area (Å²) in [5, 5.41) is 0. The zero-order valence-corrected chi connectivity index (χ0v) is 6.92. The molecule has 0 bridgehead atoms. The summed E-state index contributed by atoms with van der Waals surface area (Å²) in [5.74, 6) is 0. The molecule has 0 rings (SSSR count). The molecule has 0 aromatic heterocycles. The highest BCUT2D eigenvalue weighted by molar-refractivity contribution is 6.44. The van der Waals surface area contributed by atoms with Crippen molar-refractivity contribution >= 4 is 9.37 Å². The van der Waals surface area contributed by atoms with E-state index < -0.39 is 9.37 Å². The third kappa shape index (κ3) is 5.72. The first kappa shape index (κ1) is 8.85. The Morgan fingerprint density at radius 1 is 1.78 bits per heavy atom. The molecule has 0 aromatic rings. The third-order valence-corrected chi connectivity index (χ3v) is 2.16. The summed E-state index contributed by atoms with van der Waals surface area (Å²) in [4.78, 5) is 0. The van der Waals surface area contributed by atoms with E-state index >= 15 is 0 Å². The van der Waals surface area contributed by atoms with Crippen LogP contribution < -0.4 is 0 Å². The van der Waals surface area contributed by atoms with Gasteiger partial charge in [-0.3, -0.25) is 4.11 Å². The van der Waals surface area contributed by atoms with Crippen molar-refractivity contribution in [2.24, 2.45) is 0 Å². The van der Waals surface area contributed by atoms with Crippen LogP contribution in [0, 0.1) is 0 Å². The lowest BCUT2D eigenvalue weighted by Gasteiger charge is -2.02. The second-order valence-corrected chi connectivity index (χ2v) is 3.43. The highest BCUT2D eigenvalue weighted by atomic mass is 28.3. The smallest absolute Gasteiger partial charge is 0.372 e. The van der Waals surface area contributed by atoms with Gasteiger partial charge in [0.2, 0.25) is 0 Å². The number of hydrogen-bond donors (Lipinski definition) is 0. The van der Waals surface area contributed by atoms with Crippen LogP contribution in [0.15, 0.2) is 12.7 Å². The van der Waals surface area contributed by atoms with Crippen LogP contribution in [0.25, 0.3) is 0 Å². The molecule has 0 saturated heterocycles. The van der Waals surface area contributed by atoms with Gasteiger partial charge in [-0.15, -0.1) is 6.58 Å². The molecule has 0 radical (unpaired) electrons. The maximum atomic E-state index is 12.4. The van der Waals surface area contributed by atoms with Crippen LogP contribution in [0.1, 0.15) is 13.3 Å². The van der Waals surface area contributed by atoms with E-state index in [9.17, 15) is 4.11 Å². The Morgan fingerprint density at radius 2 is 2.44 bits per heavy atom. The number of rotatable bonds is 5. The summed E-state index contributed by atoms with van der Waals surface area (Å²) in [6.45, 7) is 5.95. The van der Waals surface area contributed by atoms with Crippen molar-refractivity contribution in [2.45, 2.75) is 19.4 Å². The topological polar surface area (TPSA) is 9.23 Å². The van der Waals surface area contributed by atoms with E-state index in [4.69, 9.17) is 4.43 Å². The van der Waals surface area contributed by atoms with Crippen molar-refractivity contribution in [1.82, 2.24) is 0 Å². The number of hydrogen-bond acceptors (Lipinski definition) is 1. The first-order valence-corrected chi connectivity index (χ1v) is 4.90. The van der Waals surface area contributed by atoms with E-state index in [2.05, 4.69) is 6.58 Å². The molecule has 54 valence electrons. The van der Waals surface area contributed by atoms with E-state index in [1.165, 1.54) is 0 Å². The minimum absolute atomic E-state index is 0.431.